The first-order valence-corrected chi connectivity index (χ1v) is 8.05. The second-order valence-corrected chi connectivity index (χ2v) is 6.41. The van der Waals surface area contributed by atoms with Gasteiger partial charge in [-0.25, -0.2) is 0 Å². The van der Waals surface area contributed by atoms with Gasteiger partial charge in [0.15, 0.2) is 0 Å². The number of rotatable bonds is 4. The highest BCUT2D eigenvalue weighted by atomic mass is 19.4. The average Bonchev–Trinajstić information content (AvgIpc) is 2.47. The van der Waals surface area contributed by atoms with Crippen molar-refractivity contribution < 1.29 is 17.9 Å². The molecule has 0 aromatic carbocycles. The van der Waals surface area contributed by atoms with Gasteiger partial charge < -0.3 is 10.5 Å². The van der Waals surface area contributed by atoms with Crippen LogP contribution in [0.4, 0.5) is 13.2 Å². The molecule has 0 bridgehead atoms. The molecule has 2 rings (SSSR count). The highest BCUT2D eigenvalue weighted by Crippen LogP contribution is 2.43. The quantitative estimate of drug-likeness (QED) is 0.868. The van der Waals surface area contributed by atoms with E-state index in [1.165, 1.54) is 0 Å². The van der Waals surface area contributed by atoms with Crippen molar-refractivity contribution >= 4 is 0 Å². The van der Waals surface area contributed by atoms with Crippen LogP contribution in [0, 0.1) is 5.92 Å². The van der Waals surface area contributed by atoms with Gasteiger partial charge in [0.05, 0.1) is 12.0 Å². The van der Waals surface area contributed by atoms with Gasteiger partial charge in [-0.3, -0.25) is 4.90 Å². The van der Waals surface area contributed by atoms with Crippen molar-refractivity contribution in [3.63, 3.8) is 0 Å². The molecule has 1 heterocycles. The zero-order chi connectivity index (χ0) is 15.5. The van der Waals surface area contributed by atoms with E-state index in [2.05, 4.69) is 4.90 Å². The summed E-state index contributed by atoms with van der Waals surface area (Å²) in [5.41, 5.74) is 5.73. The summed E-state index contributed by atoms with van der Waals surface area (Å²) in [6, 6.07) is 0. The number of alkyl halides is 3. The SMILES string of the molecule is CCOC1CCCN(C2(CN)CCC(C(F)(F)F)CC2)C1. The maximum atomic E-state index is 12.8. The molecule has 1 saturated heterocycles. The van der Waals surface area contributed by atoms with Crippen LogP contribution in [0.2, 0.25) is 0 Å². The van der Waals surface area contributed by atoms with E-state index in [1.807, 2.05) is 6.92 Å². The summed E-state index contributed by atoms with van der Waals surface area (Å²) in [5.74, 6) is -1.15. The molecule has 1 unspecified atom stereocenters. The summed E-state index contributed by atoms with van der Waals surface area (Å²) in [4.78, 5) is 2.31. The highest BCUT2D eigenvalue weighted by Gasteiger charge is 2.48. The molecule has 124 valence electrons. The molecule has 1 atom stereocenters. The molecule has 2 N–H and O–H groups in total. The maximum absolute atomic E-state index is 12.8. The Morgan fingerprint density at radius 3 is 2.43 bits per heavy atom. The number of piperidine rings is 1. The van der Waals surface area contributed by atoms with E-state index in [9.17, 15) is 13.2 Å². The van der Waals surface area contributed by atoms with E-state index in [0.29, 0.717) is 26.0 Å². The summed E-state index contributed by atoms with van der Waals surface area (Å²) in [6.07, 6.45) is -0.277. The lowest BCUT2D eigenvalue weighted by Gasteiger charge is -2.50. The molecule has 2 aliphatic rings. The Hall–Kier alpha value is -0.330. The van der Waals surface area contributed by atoms with Gasteiger partial charge in [-0.15, -0.1) is 0 Å². The van der Waals surface area contributed by atoms with Crippen LogP contribution in [-0.2, 0) is 4.74 Å². The van der Waals surface area contributed by atoms with Gasteiger partial charge in [-0.05, 0) is 52.0 Å². The van der Waals surface area contributed by atoms with Crippen molar-refractivity contribution in [2.45, 2.75) is 63.3 Å². The molecule has 1 aliphatic heterocycles. The molecular formula is C15H27F3N2O. The van der Waals surface area contributed by atoms with Crippen LogP contribution >= 0.6 is 0 Å². The van der Waals surface area contributed by atoms with Crippen LogP contribution in [0.3, 0.4) is 0 Å². The van der Waals surface area contributed by atoms with Crippen LogP contribution in [0.5, 0.6) is 0 Å². The van der Waals surface area contributed by atoms with E-state index in [4.69, 9.17) is 10.5 Å². The third kappa shape index (κ3) is 3.90. The fourth-order valence-corrected chi connectivity index (χ4v) is 3.87. The van der Waals surface area contributed by atoms with E-state index in [-0.39, 0.29) is 24.5 Å². The van der Waals surface area contributed by atoms with Gasteiger partial charge in [0.25, 0.3) is 0 Å². The zero-order valence-electron chi connectivity index (χ0n) is 12.8. The van der Waals surface area contributed by atoms with E-state index >= 15 is 0 Å². The van der Waals surface area contributed by atoms with Crippen molar-refractivity contribution in [1.29, 1.82) is 0 Å². The molecule has 2 fully saturated rings. The number of nitrogens with two attached hydrogens (primary N) is 1. The Morgan fingerprint density at radius 1 is 1.24 bits per heavy atom. The predicted octanol–water partition coefficient (Wildman–Crippen LogP) is 2.94. The Balaban J connectivity index is 1.99. The smallest absolute Gasteiger partial charge is 0.377 e. The van der Waals surface area contributed by atoms with Crippen molar-refractivity contribution in [3.05, 3.63) is 0 Å². The largest absolute Gasteiger partial charge is 0.391 e. The molecule has 21 heavy (non-hydrogen) atoms. The van der Waals surface area contributed by atoms with Crippen molar-refractivity contribution in [3.8, 4) is 0 Å². The first-order chi connectivity index (χ1) is 9.91. The Bertz CT molecular complexity index is 325. The summed E-state index contributed by atoms with van der Waals surface area (Å²) >= 11 is 0. The highest BCUT2D eigenvalue weighted by molar-refractivity contribution is 4.98. The third-order valence-corrected chi connectivity index (χ3v) is 5.21. The molecule has 1 aliphatic carbocycles. The lowest BCUT2D eigenvalue weighted by Crippen LogP contribution is -2.60. The lowest BCUT2D eigenvalue weighted by molar-refractivity contribution is -0.189. The summed E-state index contributed by atoms with van der Waals surface area (Å²) < 4.78 is 44.2. The molecule has 0 aromatic rings. The number of hydrogen-bond donors (Lipinski definition) is 1. The molecule has 1 saturated carbocycles. The summed E-state index contributed by atoms with van der Waals surface area (Å²) in [7, 11) is 0. The van der Waals surface area contributed by atoms with Crippen LogP contribution in [-0.4, -0.2) is 49.0 Å². The Morgan fingerprint density at radius 2 is 1.90 bits per heavy atom. The fraction of sp³-hybridized carbons (Fsp3) is 1.00. The van der Waals surface area contributed by atoms with Gasteiger partial charge in [0.2, 0.25) is 0 Å². The standard InChI is InChI=1S/C15H27F3N2O/c1-2-21-13-4-3-9-20(10-13)14(11-19)7-5-12(6-8-14)15(16,17)18/h12-13H,2-11,19H2,1H3. The van der Waals surface area contributed by atoms with Crippen molar-refractivity contribution in [2.24, 2.45) is 11.7 Å². The van der Waals surface area contributed by atoms with Crippen molar-refractivity contribution in [1.82, 2.24) is 4.90 Å². The van der Waals surface area contributed by atoms with Gasteiger partial charge in [0, 0.05) is 25.2 Å². The van der Waals surface area contributed by atoms with Crippen LogP contribution in [0.1, 0.15) is 45.4 Å². The van der Waals surface area contributed by atoms with Crippen molar-refractivity contribution in [2.75, 3.05) is 26.2 Å². The summed E-state index contributed by atoms with van der Waals surface area (Å²) in [6.45, 7) is 4.84. The van der Waals surface area contributed by atoms with Gasteiger partial charge in [0.1, 0.15) is 0 Å². The fourth-order valence-electron chi connectivity index (χ4n) is 3.87. The number of nitrogens with zero attached hydrogens (tertiary/aromatic N) is 1. The zero-order valence-corrected chi connectivity index (χ0v) is 12.8. The predicted molar refractivity (Wildman–Crippen MR) is 76.0 cm³/mol. The molecule has 0 aromatic heterocycles. The van der Waals surface area contributed by atoms with Crippen LogP contribution in [0.25, 0.3) is 0 Å². The minimum absolute atomic E-state index is 0.201. The number of halogens is 3. The Labute approximate surface area is 125 Å². The van der Waals surface area contributed by atoms with E-state index in [1.54, 1.807) is 0 Å². The number of ether oxygens (including phenoxy) is 1. The molecule has 0 amide bonds. The second kappa shape index (κ2) is 6.84. The van der Waals surface area contributed by atoms with E-state index in [0.717, 1.165) is 25.9 Å². The molecule has 3 nitrogen and oxygen atoms in total. The van der Waals surface area contributed by atoms with Crippen LogP contribution in [0.15, 0.2) is 0 Å². The monoisotopic (exact) mass is 308 g/mol. The first-order valence-electron chi connectivity index (χ1n) is 8.05. The molecule has 0 radical (unpaired) electrons. The maximum Gasteiger partial charge on any atom is 0.391 e. The molecule has 6 heteroatoms. The van der Waals surface area contributed by atoms with Gasteiger partial charge in [-0.2, -0.15) is 13.2 Å². The van der Waals surface area contributed by atoms with Gasteiger partial charge in [-0.1, -0.05) is 0 Å². The average molecular weight is 308 g/mol. The first kappa shape index (κ1) is 17.0. The topological polar surface area (TPSA) is 38.5 Å². The summed E-state index contributed by atoms with van der Waals surface area (Å²) in [5, 5.41) is 0. The third-order valence-electron chi connectivity index (χ3n) is 5.21. The minimum Gasteiger partial charge on any atom is -0.377 e. The second-order valence-electron chi connectivity index (χ2n) is 6.41. The van der Waals surface area contributed by atoms with E-state index < -0.39 is 12.1 Å². The molecular weight excluding hydrogens is 281 g/mol. The number of likely N-dealkylation sites (tertiary alicyclic amines) is 1. The normalized spacial score (nSPS) is 35.9. The van der Waals surface area contributed by atoms with Gasteiger partial charge >= 0.3 is 6.18 Å². The number of hydrogen-bond acceptors (Lipinski definition) is 3. The minimum atomic E-state index is -4.06. The Kier molecular flexibility index (Phi) is 5.54. The van der Waals surface area contributed by atoms with Crippen LogP contribution < -0.4 is 5.73 Å². The molecule has 0 spiro atoms. The lowest BCUT2D eigenvalue weighted by atomic mass is 9.74.